The summed E-state index contributed by atoms with van der Waals surface area (Å²) in [6.07, 6.45) is 0.485. The molecule has 0 radical (unpaired) electrons. The molecule has 2 aromatic carbocycles. The minimum Gasteiger partial charge on any atom is -0.423 e. The van der Waals surface area contributed by atoms with Gasteiger partial charge in [0.1, 0.15) is 5.58 Å². The summed E-state index contributed by atoms with van der Waals surface area (Å²) in [6.45, 7) is 7.69. The van der Waals surface area contributed by atoms with Crippen molar-refractivity contribution in [1.82, 2.24) is 0 Å². The Morgan fingerprint density at radius 2 is 1.81 bits per heavy atom. The van der Waals surface area contributed by atoms with Gasteiger partial charge in [-0.25, -0.2) is 4.79 Å². The van der Waals surface area contributed by atoms with Gasteiger partial charge in [0.15, 0.2) is 0 Å². The zero-order valence-electron chi connectivity index (χ0n) is 15.9. The van der Waals surface area contributed by atoms with Crippen molar-refractivity contribution in [3.63, 3.8) is 0 Å². The lowest BCUT2D eigenvalue weighted by molar-refractivity contribution is -0.116. The van der Waals surface area contributed by atoms with Crippen LogP contribution in [0.3, 0.4) is 0 Å². The van der Waals surface area contributed by atoms with E-state index in [1.807, 2.05) is 58.0 Å². The number of anilines is 1. The molecule has 1 heterocycles. The van der Waals surface area contributed by atoms with E-state index in [4.69, 9.17) is 16.0 Å². The van der Waals surface area contributed by atoms with E-state index in [9.17, 15) is 9.59 Å². The Kier molecular flexibility index (Phi) is 5.38. The van der Waals surface area contributed by atoms with E-state index in [0.29, 0.717) is 28.3 Å². The highest BCUT2D eigenvalue weighted by Crippen LogP contribution is 2.27. The third-order valence-electron chi connectivity index (χ3n) is 4.74. The lowest BCUT2D eigenvalue weighted by Gasteiger charge is -2.12. The van der Waals surface area contributed by atoms with Gasteiger partial charge in [0.2, 0.25) is 5.91 Å². The summed E-state index contributed by atoms with van der Waals surface area (Å²) in [5.74, 6) is -0.188. The number of nitrogens with one attached hydrogen (secondary N) is 1. The fourth-order valence-corrected chi connectivity index (χ4v) is 3.67. The lowest BCUT2D eigenvalue weighted by atomic mass is 10.0. The number of aryl methyl sites for hydroxylation is 4. The van der Waals surface area contributed by atoms with Gasteiger partial charge >= 0.3 is 5.63 Å². The van der Waals surface area contributed by atoms with Crippen LogP contribution in [0.1, 0.15) is 34.2 Å². The molecule has 0 atom stereocenters. The van der Waals surface area contributed by atoms with Crippen LogP contribution in [0.15, 0.2) is 39.5 Å². The second-order valence-corrected chi connectivity index (χ2v) is 7.39. The largest absolute Gasteiger partial charge is 0.423 e. The van der Waals surface area contributed by atoms with Crippen molar-refractivity contribution in [3.05, 3.63) is 73.6 Å². The lowest BCUT2D eigenvalue weighted by Crippen LogP contribution is -2.17. The highest BCUT2D eigenvalue weighted by molar-refractivity contribution is 6.34. The number of halogens is 1. The van der Waals surface area contributed by atoms with Crippen LogP contribution in [0.4, 0.5) is 5.69 Å². The van der Waals surface area contributed by atoms with Crippen LogP contribution in [0.25, 0.3) is 11.0 Å². The van der Waals surface area contributed by atoms with Crippen LogP contribution >= 0.6 is 11.6 Å². The van der Waals surface area contributed by atoms with Crippen LogP contribution in [0.2, 0.25) is 5.02 Å². The van der Waals surface area contributed by atoms with E-state index < -0.39 is 0 Å². The third-order valence-corrected chi connectivity index (χ3v) is 5.04. The fraction of sp³-hybridized carbons (Fsp3) is 0.273. The number of rotatable bonds is 4. The van der Waals surface area contributed by atoms with E-state index >= 15 is 0 Å². The van der Waals surface area contributed by atoms with E-state index in [-0.39, 0.29) is 18.0 Å². The molecule has 0 unspecified atom stereocenters. The molecule has 3 aromatic rings. The summed E-state index contributed by atoms with van der Waals surface area (Å²) in [5, 5.41) is 4.26. The van der Waals surface area contributed by atoms with Crippen molar-refractivity contribution in [2.75, 3.05) is 5.32 Å². The van der Waals surface area contributed by atoms with E-state index in [0.717, 1.165) is 27.6 Å². The summed E-state index contributed by atoms with van der Waals surface area (Å²) in [7, 11) is 0. The molecule has 1 amide bonds. The first-order chi connectivity index (χ1) is 12.8. The standard InChI is InChI=1S/C22H22ClNO3/c1-12-5-6-16-15(4)17(22(26)27-19(16)11-12)7-8-20(25)24-21-14(3)9-13(2)10-18(21)23/h5-6,9-11H,7-8H2,1-4H3,(H,24,25). The zero-order valence-corrected chi connectivity index (χ0v) is 16.7. The molecule has 140 valence electrons. The van der Waals surface area contributed by atoms with E-state index in [2.05, 4.69) is 5.32 Å². The normalized spacial score (nSPS) is 11.0. The third kappa shape index (κ3) is 4.06. The predicted octanol–water partition coefficient (Wildman–Crippen LogP) is 5.25. The highest BCUT2D eigenvalue weighted by Gasteiger charge is 2.14. The number of amides is 1. The monoisotopic (exact) mass is 383 g/mol. The molecule has 27 heavy (non-hydrogen) atoms. The van der Waals surface area contributed by atoms with Gasteiger partial charge in [-0.3, -0.25) is 4.79 Å². The van der Waals surface area contributed by atoms with Crippen LogP contribution in [0.5, 0.6) is 0 Å². The van der Waals surface area contributed by atoms with Crippen molar-refractivity contribution < 1.29 is 9.21 Å². The molecule has 0 spiro atoms. The molecule has 0 bridgehead atoms. The summed E-state index contributed by atoms with van der Waals surface area (Å²) >= 11 is 6.24. The second-order valence-electron chi connectivity index (χ2n) is 6.98. The first kappa shape index (κ1) is 19.2. The van der Waals surface area contributed by atoms with Gasteiger partial charge in [0, 0.05) is 17.4 Å². The average Bonchev–Trinajstić information content (AvgIpc) is 2.57. The minimum absolute atomic E-state index is 0.173. The second kappa shape index (κ2) is 7.57. The first-order valence-electron chi connectivity index (χ1n) is 8.86. The smallest absolute Gasteiger partial charge is 0.339 e. The Balaban J connectivity index is 1.80. The SMILES string of the molecule is Cc1cc(C)c(NC(=O)CCc2c(C)c3ccc(C)cc3oc2=O)c(Cl)c1. The van der Waals surface area contributed by atoms with Gasteiger partial charge in [0.05, 0.1) is 10.7 Å². The molecule has 1 N–H and O–H groups in total. The zero-order chi connectivity index (χ0) is 19.7. The van der Waals surface area contributed by atoms with Gasteiger partial charge in [-0.15, -0.1) is 0 Å². The van der Waals surface area contributed by atoms with Crippen LogP contribution < -0.4 is 10.9 Å². The van der Waals surface area contributed by atoms with Crippen molar-refractivity contribution in [2.24, 2.45) is 0 Å². The van der Waals surface area contributed by atoms with Gasteiger partial charge < -0.3 is 9.73 Å². The molecule has 0 saturated carbocycles. The maximum Gasteiger partial charge on any atom is 0.339 e. The van der Waals surface area contributed by atoms with E-state index in [1.165, 1.54) is 0 Å². The number of hydrogen-bond acceptors (Lipinski definition) is 3. The van der Waals surface area contributed by atoms with Gasteiger partial charge in [-0.05, 0) is 68.5 Å². The molecule has 0 aliphatic heterocycles. The molecule has 0 saturated heterocycles. The van der Waals surface area contributed by atoms with E-state index in [1.54, 1.807) is 0 Å². The molecule has 4 nitrogen and oxygen atoms in total. The molecule has 0 aliphatic rings. The quantitative estimate of drug-likeness (QED) is 0.626. The van der Waals surface area contributed by atoms with Crippen LogP contribution in [-0.4, -0.2) is 5.91 Å². The molecular weight excluding hydrogens is 362 g/mol. The summed E-state index contributed by atoms with van der Waals surface area (Å²) in [6, 6.07) is 9.55. The molecule has 0 aliphatic carbocycles. The Morgan fingerprint density at radius 3 is 2.52 bits per heavy atom. The predicted molar refractivity (Wildman–Crippen MR) is 110 cm³/mol. The molecule has 5 heteroatoms. The van der Waals surface area contributed by atoms with Crippen molar-refractivity contribution in [1.29, 1.82) is 0 Å². The molecule has 0 fully saturated rings. The first-order valence-corrected chi connectivity index (χ1v) is 9.23. The van der Waals surface area contributed by atoms with Crippen molar-refractivity contribution >= 4 is 34.2 Å². The van der Waals surface area contributed by atoms with Crippen molar-refractivity contribution in [2.45, 2.75) is 40.5 Å². The number of hydrogen-bond donors (Lipinski definition) is 1. The maximum atomic E-state index is 12.4. The minimum atomic E-state index is -0.386. The van der Waals surface area contributed by atoms with Gasteiger partial charge in [-0.2, -0.15) is 0 Å². The summed E-state index contributed by atoms with van der Waals surface area (Å²) in [4.78, 5) is 24.8. The van der Waals surface area contributed by atoms with Gasteiger partial charge in [0.25, 0.3) is 0 Å². The summed E-state index contributed by atoms with van der Waals surface area (Å²) in [5.41, 5.74) is 5.18. The average molecular weight is 384 g/mol. The Hall–Kier alpha value is -2.59. The Bertz CT molecular complexity index is 1080. The fourth-order valence-electron chi connectivity index (χ4n) is 3.30. The Labute approximate surface area is 163 Å². The number of carbonyl (C=O) groups excluding carboxylic acids is 1. The molecule has 3 rings (SSSR count). The summed E-state index contributed by atoms with van der Waals surface area (Å²) < 4.78 is 5.45. The topological polar surface area (TPSA) is 59.3 Å². The molecular formula is C22H22ClNO3. The maximum absolute atomic E-state index is 12.4. The number of fused-ring (bicyclic) bond motifs is 1. The molecule has 1 aromatic heterocycles. The van der Waals surface area contributed by atoms with Crippen molar-refractivity contribution in [3.8, 4) is 0 Å². The van der Waals surface area contributed by atoms with Crippen LogP contribution in [-0.2, 0) is 11.2 Å². The highest BCUT2D eigenvalue weighted by atomic mass is 35.5. The Morgan fingerprint density at radius 1 is 1.07 bits per heavy atom. The number of carbonyl (C=O) groups is 1. The van der Waals surface area contributed by atoms with Gasteiger partial charge in [-0.1, -0.05) is 29.8 Å². The van der Waals surface area contributed by atoms with Crippen LogP contribution in [0, 0.1) is 27.7 Å². The number of benzene rings is 2.